The number of methoxy groups -OCH3 is 1. The molecular weight excluding hydrogens is 216 g/mol. The number of rotatable bonds is 4. The molecule has 0 aromatic heterocycles. The molecule has 3 heteroatoms. The molecule has 0 heterocycles. The van der Waals surface area contributed by atoms with Crippen LogP contribution in [0.25, 0.3) is 0 Å². The van der Waals surface area contributed by atoms with E-state index in [0.717, 1.165) is 25.5 Å². The van der Waals surface area contributed by atoms with Gasteiger partial charge in [-0.25, -0.2) is 0 Å². The predicted octanol–water partition coefficient (Wildman–Crippen LogP) is 3.00. The summed E-state index contributed by atoms with van der Waals surface area (Å²) in [5.74, 6) is 1.29. The summed E-state index contributed by atoms with van der Waals surface area (Å²) < 4.78 is 11.1. The van der Waals surface area contributed by atoms with Gasteiger partial charge < -0.3 is 9.47 Å². The quantitative estimate of drug-likeness (QED) is 0.591. The molecule has 90 valence electrons. The summed E-state index contributed by atoms with van der Waals surface area (Å²) in [6, 6.07) is 5.19. The van der Waals surface area contributed by atoms with Gasteiger partial charge in [-0.05, 0) is 43.5 Å². The van der Waals surface area contributed by atoms with E-state index in [0.29, 0.717) is 17.1 Å². The monoisotopic (exact) mass is 232 g/mol. The molecule has 1 aliphatic rings. The fraction of sp³-hybridized carbons (Fsp3) is 0.357. The van der Waals surface area contributed by atoms with Gasteiger partial charge in [-0.2, -0.15) is 0 Å². The molecule has 17 heavy (non-hydrogen) atoms. The van der Waals surface area contributed by atoms with Crippen molar-refractivity contribution in [2.45, 2.75) is 25.4 Å². The number of aldehydes is 1. The first kappa shape index (κ1) is 11.7. The number of benzene rings is 1. The van der Waals surface area contributed by atoms with Crippen LogP contribution in [-0.2, 0) is 0 Å². The van der Waals surface area contributed by atoms with Crippen molar-refractivity contribution in [1.29, 1.82) is 0 Å². The molecule has 1 aromatic rings. The molecule has 0 bridgehead atoms. The maximum atomic E-state index is 10.7. The van der Waals surface area contributed by atoms with Crippen molar-refractivity contribution in [3.05, 3.63) is 35.9 Å². The lowest BCUT2D eigenvalue weighted by atomic mass is 10.1. The van der Waals surface area contributed by atoms with Gasteiger partial charge in [0, 0.05) is 5.56 Å². The summed E-state index contributed by atoms with van der Waals surface area (Å²) in [7, 11) is 1.60. The highest BCUT2D eigenvalue weighted by Crippen LogP contribution is 2.30. The molecule has 0 saturated carbocycles. The Labute approximate surface area is 101 Å². The molecule has 0 aliphatic heterocycles. The van der Waals surface area contributed by atoms with Crippen molar-refractivity contribution >= 4 is 6.29 Å². The Morgan fingerprint density at radius 1 is 1.35 bits per heavy atom. The fourth-order valence-electron chi connectivity index (χ4n) is 1.90. The summed E-state index contributed by atoms with van der Waals surface area (Å²) in [6.45, 7) is 0. The summed E-state index contributed by atoms with van der Waals surface area (Å²) in [4.78, 5) is 10.7. The second-order valence-corrected chi connectivity index (χ2v) is 4.04. The van der Waals surface area contributed by atoms with Crippen LogP contribution in [0.15, 0.2) is 30.4 Å². The molecule has 3 nitrogen and oxygen atoms in total. The Morgan fingerprint density at radius 2 is 2.24 bits per heavy atom. The van der Waals surface area contributed by atoms with E-state index < -0.39 is 0 Å². The van der Waals surface area contributed by atoms with Gasteiger partial charge in [0.25, 0.3) is 0 Å². The number of hydrogen-bond acceptors (Lipinski definition) is 3. The van der Waals surface area contributed by atoms with E-state index in [2.05, 4.69) is 12.2 Å². The Kier molecular flexibility index (Phi) is 3.81. The van der Waals surface area contributed by atoms with Crippen LogP contribution < -0.4 is 9.47 Å². The SMILES string of the molecule is COc1ccc(C=O)cc1O[C@@H]1C=CCCC1. The third kappa shape index (κ3) is 2.87. The average molecular weight is 232 g/mol. The van der Waals surface area contributed by atoms with Crippen molar-refractivity contribution in [2.24, 2.45) is 0 Å². The maximum absolute atomic E-state index is 10.7. The minimum Gasteiger partial charge on any atom is -0.493 e. The number of carbonyl (C=O) groups excluding carboxylic acids is 1. The van der Waals surface area contributed by atoms with Crippen LogP contribution in [0.4, 0.5) is 0 Å². The van der Waals surface area contributed by atoms with E-state index in [1.807, 2.05) is 0 Å². The molecule has 0 N–H and O–H groups in total. The van der Waals surface area contributed by atoms with Crippen molar-refractivity contribution in [1.82, 2.24) is 0 Å². The zero-order chi connectivity index (χ0) is 12.1. The van der Waals surface area contributed by atoms with Crippen molar-refractivity contribution in [3.8, 4) is 11.5 Å². The van der Waals surface area contributed by atoms with Crippen LogP contribution in [0.1, 0.15) is 29.6 Å². The Bertz CT molecular complexity index is 423. The molecule has 1 atom stereocenters. The highest BCUT2D eigenvalue weighted by molar-refractivity contribution is 5.76. The summed E-state index contributed by atoms with van der Waals surface area (Å²) >= 11 is 0. The normalized spacial score (nSPS) is 18.8. The first-order valence-electron chi connectivity index (χ1n) is 5.80. The second-order valence-electron chi connectivity index (χ2n) is 4.04. The van der Waals surface area contributed by atoms with Gasteiger partial charge in [0.05, 0.1) is 7.11 Å². The van der Waals surface area contributed by atoms with Gasteiger partial charge in [-0.1, -0.05) is 6.08 Å². The standard InChI is InChI=1S/C14H16O3/c1-16-13-8-7-11(10-15)9-14(13)17-12-5-3-2-4-6-12/h3,5,7-10,12H,2,4,6H2,1H3/t12-/m1/s1. The van der Waals surface area contributed by atoms with E-state index in [-0.39, 0.29) is 6.10 Å². The van der Waals surface area contributed by atoms with Crippen LogP contribution in [0.3, 0.4) is 0 Å². The smallest absolute Gasteiger partial charge is 0.162 e. The largest absolute Gasteiger partial charge is 0.493 e. The second kappa shape index (κ2) is 5.53. The van der Waals surface area contributed by atoms with Crippen molar-refractivity contribution < 1.29 is 14.3 Å². The minimum atomic E-state index is 0.0829. The van der Waals surface area contributed by atoms with Crippen LogP contribution in [0.2, 0.25) is 0 Å². The van der Waals surface area contributed by atoms with E-state index in [1.54, 1.807) is 25.3 Å². The maximum Gasteiger partial charge on any atom is 0.162 e. The van der Waals surface area contributed by atoms with Gasteiger partial charge in [-0.3, -0.25) is 4.79 Å². The van der Waals surface area contributed by atoms with Gasteiger partial charge in [0.15, 0.2) is 11.5 Å². The van der Waals surface area contributed by atoms with E-state index in [9.17, 15) is 4.79 Å². The lowest BCUT2D eigenvalue weighted by molar-refractivity contribution is 0.112. The van der Waals surface area contributed by atoms with Crippen LogP contribution in [0.5, 0.6) is 11.5 Å². The molecule has 2 rings (SSSR count). The van der Waals surface area contributed by atoms with Crippen molar-refractivity contribution in [2.75, 3.05) is 7.11 Å². The number of allylic oxidation sites excluding steroid dienone is 1. The number of carbonyl (C=O) groups is 1. The first-order valence-corrected chi connectivity index (χ1v) is 5.80. The Morgan fingerprint density at radius 3 is 2.88 bits per heavy atom. The molecule has 1 aromatic carbocycles. The lowest BCUT2D eigenvalue weighted by Gasteiger charge is -2.20. The fourth-order valence-corrected chi connectivity index (χ4v) is 1.90. The predicted molar refractivity (Wildman–Crippen MR) is 65.8 cm³/mol. The first-order chi connectivity index (χ1) is 8.33. The summed E-state index contributed by atoms with van der Waals surface area (Å²) in [6.07, 6.45) is 8.34. The van der Waals surface area contributed by atoms with E-state index in [1.165, 1.54) is 0 Å². The van der Waals surface area contributed by atoms with Crippen LogP contribution in [0, 0.1) is 0 Å². The van der Waals surface area contributed by atoms with E-state index in [4.69, 9.17) is 9.47 Å². The Balaban J connectivity index is 2.19. The zero-order valence-electron chi connectivity index (χ0n) is 9.89. The van der Waals surface area contributed by atoms with Gasteiger partial charge in [-0.15, -0.1) is 0 Å². The van der Waals surface area contributed by atoms with Crippen LogP contribution in [-0.4, -0.2) is 19.5 Å². The lowest BCUT2D eigenvalue weighted by Crippen LogP contribution is -2.16. The van der Waals surface area contributed by atoms with Crippen LogP contribution >= 0.6 is 0 Å². The average Bonchev–Trinajstić information content (AvgIpc) is 2.40. The topological polar surface area (TPSA) is 35.5 Å². The number of hydrogen-bond donors (Lipinski definition) is 0. The molecule has 0 unspecified atom stereocenters. The highest BCUT2D eigenvalue weighted by Gasteiger charge is 2.13. The molecule has 0 fully saturated rings. The van der Waals surface area contributed by atoms with E-state index >= 15 is 0 Å². The zero-order valence-corrected chi connectivity index (χ0v) is 9.89. The Hall–Kier alpha value is -1.77. The molecule has 0 saturated heterocycles. The summed E-state index contributed by atoms with van der Waals surface area (Å²) in [5.41, 5.74) is 0.598. The molecule has 0 amide bonds. The molecular formula is C14H16O3. The molecule has 0 radical (unpaired) electrons. The highest BCUT2D eigenvalue weighted by atomic mass is 16.5. The third-order valence-electron chi connectivity index (χ3n) is 2.81. The number of ether oxygens (including phenoxy) is 2. The molecule has 1 aliphatic carbocycles. The van der Waals surface area contributed by atoms with Gasteiger partial charge in [0.1, 0.15) is 12.4 Å². The summed E-state index contributed by atoms with van der Waals surface area (Å²) in [5, 5.41) is 0. The molecule has 0 spiro atoms. The van der Waals surface area contributed by atoms with Crippen molar-refractivity contribution in [3.63, 3.8) is 0 Å². The van der Waals surface area contributed by atoms with Gasteiger partial charge in [0.2, 0.25) is 0 Å². The minimum absolute atomic E-state index is 0.0829. The van der Waals surface area contributed by atoms with Gasteiger partial charge >= 0.3 is 0 Å². The third-order valence-corrected chi connectivity index (χ3v) is 2.81.